The Labute approximate surface area is 67.8 Å². The van der Waals surface area contributed by atoms with Gasteiger partial charge in [0.05, 0.1) is 0 Å². The average molecular weight is 157 g/mol. The molecule has 0 radical (unpaired) electrons. The van der Waals surface area contributed by atoms with Crippen LogP contribution in [0.25, 0.3) is 0 Å². The van der Waals surface area contributed by atoms with Gasteiger partial charge in [-0.2, -0.15) is 0 Å². The topological polar surface area (TPSA) is 26.0 Å². The highest BCUT2D eigenvalue weighted by molar-refractivity contribution is 5.14. The molecule has 11 heavy (non-hydrogen) atoms. The first-order valence-corrected chi connectivity index (χ1v) is 3.76. The van der Waals surface area contributed by atoms with E-state index in [-0.39, 0.29) is 12.0 Å². The Balaban J connectivity index is 4.25. The summed E-state index contributed by atoms with van der Waals surface area (Å²) in [6.07, 6.45) is 3.28. The molecule has 1 nitrogen and oxygen atoms in total. The van der Waals surface area contributed by atoms with Crippen molar-refractivity contribution in [2.75, 3.05) is 6.67 Å². The number of halogens is 1. The van der Waals surface area contributed by atoms with Crippen LogP contribution in [-0.2, 0) is 0 Å². The molecule has 0 aliphatic heterocycles. The first-order chi connectivity index (χ1) is 5.13. The molecule has 0 fully saturated rings. The molecule has 0 saturated heterocycles. The van der Waals surface area contributed by atoms with Crippen molar-refractivity contribution in [2.45, 2.75) is 19.9 Å². The molecule has 0 aromatic heterocycles. The zero-order valence-electron chi connectivity index (χ0n) is 7.18. The Morgan fingerprint density at radius 1 is 1.64 bits per heavy atom. The Morgan fingerprint density at radius 3 is 2.45 bits per heavy atom. The Bertz CT molecular complexity index is 150. The van der Waals surface area contributed by atoms with Gasteiger partial charge in [0.15, 0.2) is 0 Å². The van der Waals surface area contributed by atoms with E-state index in [1.165, 1.54) is 0 Å². The second kappa shape index (κ2) is 5.08. The van der Waals surface area contributed by atoms with E-state index in [0.29, 0.717) is 0 Å². The largest absolute Gasteiger partial charge is 0.327 e. The van der Waals surface area contributed by atoms with Gasteiger partial charge < -0.3 is 5.73 Å². The number of rotatable bonds is 4. The maximum atomic E-state index is 12.3. The van der Waals surface area contributed by atoms with Crippen molar-refractivity contribution in [3.63, 3.8) is 0 Å². The predicted molar refractivity (Wildman–Crippen MR) is 47.1 cm³/mol. The maximum Gasteiger partial charge on any atom is 0.111 e. The van der Waals surface area contributed by atoms with Crippen molar-refractivity contribution in [3.05, 3.63) is 24.3 Å². The van der Waals surface area contributed by atoms with Gasteiger partial charge >= 0.3 is 0 Å². The van der Waals surface area contributed by atoms with Crippen LogP contribution in [0.4, 0.5) is 4.39 Å². The van der Waals surface area contributed by atoms with E-state index in [1.807, 2.05) is 13.8 Å². The van der Waals surface area contributed by atoms with Crippen molar-refractivity contribution < 1.29 is 4.39 Å². The molecule has 2 unspecified atom stereocenters. The third kappa shape index (κ3) is 3.33. The number of alkyl halides is 1. The molecule has 0 aromatic carbocycles. The summed E-state index contributed by atoms with van der Waals surface area (Å²) in [5, 5.41) is 0. The number of hydrogen-bond donors (Lipinski definition) is 1. The molecular weight excluding hydrogens is 141 g/mol. The molecule has 0 aliphatic rings. The van der Waals surface area contributed by atoms with E-state index in [1.54, 1.807) is 12.2 Å². The smallest absolute Gasteiger partial charge is 0.111 e. The van der Waals surface area contributed by atoms with Gasteiger partial charge in [0, 0.05) is 6.04 Å². The molecular formula is C9H16FN. The minimum atomic E-state index is -0.436. The fourth-order valence-corrected chi connectivity index (χ4v) is 0.807. The summed E-state index contributed by atoms with van der Waals surface area (Å²) in [7, 11) is 0. The van der Waals surface area contributed by atoms with Crippen LogP contribution < -0.4 is 5.73 Å². The SMILES string of the molecule is C=C/C=C(/CF)C(C)C(C)N. The fourth-order valence-electron chi connectivity index (χ4n) is 0.807. The van der Waals surface area contributed by atoms with E-state index in [2.05, 4.69) is 6.58 Å². The molecule has 64 valence electrons. The van der Waals surface area contributed by atoms with Gasteiger partial charge in [-0.3, -0.25) is 0 Å². The summed E-state index contributed by atoms with van der Waals surface area (Å²) in [5.74, 6) is 0.0954. The average Bonchev–Trinajstić information content (AvgIpc) is 1.98. The summed E-state index contributed by atoms with van der Waals surface area (Å²) >= 11 is 0. The lowest BCUT2D eigenvalue weighted by Gasteiger charge is -2.16. The second-order valence-electron chi connectivity index (χ2n) is 2.76. The van der Waals surface area contributed by atoms with Crippen molar-refractivity contribution in [1.82, 2.24) is 0 Å². The highest BCUT2D eigenvalue weighted by Crippen LogP contribution is 2.13. The van der Waals surface area contributed by atoms with Crippen LogP contribution in [0.2, 0.25) is 0 Å². The normalized spacial score (nSPS) is 17.6. The van der Waals surface area contributed by atoms with Gasteiger partial charge in [-0.05, 0) is 18.4 Å². The molecule has 0 bridgehead atoms. The van der Waals surface area contributed by atoms with Gasteiger partial charge in [-0.25, -0.2) is 4.39 Å². The zero-order chi connectivity index (χ0) is 8.85. The van der Waals surface area contributed by atoms with Gasteiger partial charge in [-0.15, -0.1) is 0 Å². The minimum Gasteiger partial charge on any atom is -0.327 e. The fraction of sp³-hybridized carbons (Fsp3) is 0.556. The lowest BCUT2D eigenvalue weighted by atomic mass is 9.95. The first-order valence-electron chi connectivity index (χ1n) is 3.76. The van der Waals surface area contributed by atoms with Crippen LogP contribution in [0.1, 0.15) is 13.8 Å². The second-order valence-corrected chi connectivity index (χ2v) is 2.76. The Kier molecular flexibility index (Phi) is 4.79. The van der Waals surface area contributed by atoms with E-state index < -0.39 is 6.67 Å². The van der Waals surface area contributed by atoms with Crippen LogP contribution in [0.5, 0.6) is 0 Å². The molecule has 0 amide bonds. The van der Waals surface area contributed by atoms with Gasteiger partial charge in [-0.1, -0.05) is 25.7 Å². The van der Waals surface area contributed by atoms with Gasteiger partial charge in [0.2, 0.25) is 0 Å². The molecule has 0 aliphatic carbocycles. The molecule has 0 rings (SSSR count). The minimum absolute atomic E-state index is 0.00282. The van der Waals surface area contributed by atoms with Crippen LogP contribution in [0, 0.1) is 5.92 Å². The third-order valence-corrected chi connectivity index (χ3v) is 1.86. The summed E-state index contributed by atoms with van der Waals surface area (Å²) in [6, 6.07) is -0.00282. The molecule has 0 saturated carbocycles. The van der Waals surface area contributed by atoms with E-state index in [0.717, 1.165) is 5.57 Å². The van der Waals surface area contributed by atoms with E-state index >= 15 is 0 Å². The lowest BCUT2D eigenvalue weighted by molar-refractivity contribution is 0.464. The van der Waals surface area contributed by atoms with Crippen LogP contribution in [0.3, 0.4) is 0 Å². The maximum absolute atomic E-state index is 12.3. The van der Waals surface area contributed by atoms with E-state index in [9.17, 15) is 4.39 Å². The van der Waals surface area contributed by atoms with Crippen molar-refractivity contribution in [2.24, 2.45) is 11.7 Å². The van der Waals surface area contributed by atoms with Gasteiger partial charge in [0.25, 0.3) is 0 Å². The number of allylic oxidation sites excluding steroid dienone is 2. The summed E-state index contributed by atoms with van der Waals surface area (Å²) in [4.78, 5) is 0. The monoisotopic (exact) mass is 157 g/mol. The quantitative estimate of drug-likeness (QED) is 0.621. The Morgan fingerprint density at radius 2 is 2.18 bits per heavy atom. The summed E-state index contributed by atoms with van der Waals surface area (Å²) < 4.78 is 12.3. The molecule has 0 heterocycles. The summed E-state index contributed by atoms with van der Waals surface area (Å²) in [6.45, 7) is 6.86. The van der Waals surface area contributed by atoms with E-state index in [4.69, 9.17) is 5.73 Å². The highest BCUT2D eigenvalue weighted by Gasteiger charge is 2.11. The van der Waals surface area contributed by atoms with Crippen molar-refractivity contribution in [1.29, 1.82) is 0 Å². The third-order valence-electron chi connectivity index (χ3n) is 1.86. The van der Waals surface area contributed by atoms with Crippen LogP contribution in [-0.4, -0.2) is 12.7 Å². The standard InChI is InChI=1S/C9H16FN/c1-4-5-9(6-10)7(2)8(3)11/h4-5,7-8H,1,6,11H2,2-3H3/b9-5-. The van der Waals surface area contributed by atoms with Crippen LogP contribution in [0.15, 0.2) is 24.3 Å². The van der Waals surface area contributed by atoms with Gasteiger partial charge in [0.1, 0.15) is 6.67 Å². The molecule has 2 heteroatoms. The lowest BCUT2D eigenvalue weighted by Crippen LogP contribution is -2.26. The first kappa shape index (κ1) is 10.4. The van der Waals surface area contributed by atoms with Crippen molar-refractivity contribution in [3.8, 4) is 0 Å². The summed E-state index contributed by atoms with van der Waals surface area (Å²) in [5.41, 5.74) is 6.32. The number of hydrogen-bond acceptors (Lipinski definition) is 1. The number of nitrogens with two attached hydrogens (primary N) is 1. The molecule has 2 atom stereocenters. The Hall–Kier alpha value is -0.630. The molecule has 2 N–H and O–H groups in total. The highest BCUT2D eigenvalue weighted by atomic mass is 19.1. The van der Waals surface area contributed by atoms with Crippen LogP contribution >= 0.6 is 0 Å². The predicted octanol–water partition coefficient (Wildman–Crippen LogP) is 2.05. The zero-order valence-corrected chi connectivity index (χ0v) is 7.18. The van der Waals surface area contributed by atoms with Crippen molar-refractivity contribution >= 4 is 0 Å². The molecule has 0 spiro atoms. The molecule has 0 aromatic rings.